The second kappa shape index (κ2) is 2.48. The molecule has 2 rings (SSSR count). The van der Waals surface area contributed by atoms with Crippen molar-refractivity contribution in [3.05, 3.63) is 0 Å². The van der Waals surface area contributed by atoms with Crippen LogP contribution in [0.3, 0.4) is 0 Å². The summed E-state index contributed by atoms with van der Waals surface area (Å²) in [5.74, 6) is 0. The van der Waals surface area contributed by atoms with Gasteiger partial charge in [-0.25, -0.2) is 0 Å². The van der Waals surface area contributed by atoms with Crippen molar-refractivity contribution in [2.45, 2.75) is 37.4 Å². The Labute approximate surface area is 67.3 Å². The van der Waals surface area contributed by atoms with Crippen molar-refractivity contribution >= 4 is 6.34 Å². The van der Waals surface area contributed by atoms with E-state index in [2.05, 4.69) is 16.9 Å². The molecule has 2 N–H and O–H groups in total. The quantitative estimate of drug-likeness (QED) is 0.540. The highest BCUT2D eigenvalue weighted by Gasteiger charge is 2.33. The largest absolute Gasteiger partial charge is 0.361 e. The molecule has 1 saturated carbocycles. The lowest BCUT2D eigenvalue weighted by Gasteiger charge is -2.32. The average molecular weight is 153 g/mol. The van der Waals surface area contributed by atoms with E-state index in [1.807, 2.05) is 6.34 Å². The van der Waals surface area contributed by atoms with Crippen LogP contribution in [0.5, 0.6) is 0 Å². The molecular formula is C8H15N3. The monoisotopic (exact) mass is 153 g/mol. The molecule has 0 radical (unpaired) electrons. The number of rotatable bonds is 0. The van der Waals surface area contributed by atoms with Crippen LogP contribution in [0.15, 0.2) is 4.99 Å². The lowest BCUT2D eigenvalue weighted by Crippen LogP contribution is -2.43. The minimum Gasteiger partial charge on any atom is -0.361 e. The molecule has 0 aromatic carbocycles. The second-order valence-electron chi connectivity index (χ2n) is 3.64. The lowest BCUT2D eigenvalue weighted by atomic mass is 9.88. The van der Waals surface area contributed by atoms with Gasteiger partial charge in [0.2, 0.25) is 0 Å². The van der Waals surface area contributed by atoms with Crippen molar-refractivity contribution < 1.29 is 0 Å². The lowest BCUT2D eigenvalue weighted by molar-refractivity contribution is 0.257. The van der Waals surface area contributed by atoms with Gasteiger partial charge >= 0.3 is 0 Å². The molecular weight excluding hydrogens is 138 g/mol. The van der Waals surface area contributed by atoms with Gasteiger partial charge in [0.25, 0.3) is 0 Å². The number of hydrogen-bond donors (Lipinski definition) is 1. The van der Waals surface area contributed by atoms with Crippen LogP contribution < -0.4 is 5.73 Å². The molecule has 62 valence electrons. The van der Waals surface area contributed by atoms with E-state index in [4.69, 9.17) is 5.73 Å². The maximum absolute atomic E-state index is 5.87. The molecule has 0 saturated heterocycles. The molecule has 11 heavy (non-hydrogen) atoms. The van der Waals surface area contributed by atoms with Gasteiger partial charge in [-0.05, 0) is 19.3 Å². The first-order valence-electron chi connectivity index (χ1n) is 4.28. The van der Waals surface area contributed by atoms with Gasteiger partial charge in [-0.1, -0.05) is 0 Å². The fourth-order valence-corrected chi connectivity index (χ4v) is 2.05. The van der Waals surface area contributed by atoms with E-state index in [0.29, 0.717) is 18.1 Å². The first-order valence-corrected chi connectivity index (χ1v) is 4.28. The standard InChI is InChI=1S/C8H15N3/c1-11-5-10-7-3-2-6(9)4-8(7)11/h5-8H,2-4,9H2,1H3. The van der Waals surface area contributed by atoms with Crippen LogP contribution in [-0.4, -0.2) is 36.4 Å². The summed E-state index contributed by atoms with van der Waals surface area (Å²) in [6.07, 6.45) is 5.38. The van der Waals surface area contributed by atoms with Gasteiger partial charge in [-0.3, -0.25) is 4.99 Å². The number of hydrogen-bond acceptors (Lipinski definition) is 3. The molecule has 1 fully saturated rings. The third-order valence-electron chi connectivity index (χ3n) is 2.79. The van der Waals surface area contributed by atoms with Crippen LogP contribution in [0, 0.1) is 0 Å². The van der Waals surface area contributed by atoms with Crippen LogP contribution in [0.4, 0.5) is 0 Å². The molecule has 3 heteroatoms. The van der Waals surface area contributed by atoms with Gasteiger partial charge in [0, 0.05) is 13.1 Å². The Bertz CT molecular complexity index is 178. The third kappa shape index (κ3) is 1.13. The zero-order chi connectivity index (χ0) is 7.84. The Kier molecular flexibility index (Phi) is 1.60. The highest BCUT2D eigenvalue weighted by Crippen LogP contribution is 2.26. The highest BCUT2D eigenvalue weighted by atomic mass is 15.2. The van der Waals surface area contributed by atoms with Gasteiger partial charge < -0.3 is 10.6 Å². The van der Waals surface area contributed by atoms with Crippen molar-refractivity contribution in [1.82, 2.24) is 4.90 Å². The Morgan fingerprint density at radius 1 is 1.55 bits per heavy atom. The molecule has 0 aromatic heterocycles. The van der Waals surface area contributed by atoms with Gasteiger partial charge in [0.1, 0.15) is 0 Å². The molecule has 3 unspecified atom stereocenters. The minimum atomic E-state index is 0.403. The Hall–Kier alpha value is -0.570. The second-order valence-corrected chi connectivity index (χ2v) is 3.64. The molecule has 1 heterocycles. The van der Waals surface area contributed by atoms with Crippen LogP contribution >= 0.6 is 0 Å². The number of nitrogens with zero attached hydrogens (tertiary/aromatic N) is 2. The smallest absolute Gasteiger partial charge is 0.0854 e. The number of likely N-dealkylation sites (N-methyl/N-ethyl adjacent to an activating group) is 1. The highest BCUT2D eigenvalue weighted by molar-refractivity contribution is 5.58. The average Bonchev–Trinajstić information content (AvgIpc) is 2.33. The van der Waals surface area contributed by atoms with Crippen molar-refractivity contribution in [2.24, 2.45) is 10.7 Å². The fraction of sp³-hybridized carbons (Fsp3) is 0.875. The van der Waals surface area contributed by atoms with Crippen LogP contribution in [0.1, 0.15) is 19.3 Å². The number of aliphatic imine (C=N–C) groups is 1. The van der Waals surface area contributed by atoms with E-state index in [-0.39, 0.29) is 0 Å². The fourth-order valence-electron chi connectivity index (χ4n) is 2.05. The zero-order valence-electron chi connectivity index (χ0n) is 6.90. The summed E-state index contributed by atoms with van der Waals surface area (Å²) in [5, 5.41) is 0. The molecule has 1 aliphatic carbocycles. The maximum Gasteiger partial charge on any atom is 0.0854 e. The predicted molar refractivity (Wildman–Crippen MR) is 45.7 cm³/mol. The summed E-state index contributed by atoms with van der Waals surface area (Å²) in [6, 6.07) is 1.54. The predicted octanol–water partition coefficient (Wildman–Crippen LogP) is 0.209. The third-order valence-corrected chi connectivity index (χ3v) is 2.79. The van der Waals surface area contributed by atoms with Crippen LogP contribution in [0.25, 0.3) is 0 Å². The molecule has 0 aromatic rings. The van der Waals surface area contributed by atoms with E-state index in [1.54, 1.807) is 0 Å². The van der Waals surface area contributed by atoms with Gasteiger partial charge in [-0.2, -0.15) is 0 Å². The van der Waals surface area contributed by atoms with Crippen LogP contribution in [0.2, 0.25) is 0 Å². The van der Waals surface area contributed by atoms with Crippen molar-refractivity contribution in [1.29, 1.82) is 0 Å². The Morgan fingerprint density at radius 2 is 2.36 bits per heavy atom. The Morgan fingerprint density at radius 3 is 3.18 bits per heavy atom. The van der Waals surface area contributed by atoms with E-state index >= 15 is 0 Å². The molecule has 0 spiro atoms. The topological polar surface area (TPSA) is 41.6 Å². The molecule has 3 nitrogen and oxygen atoms in total. The van der Waals surface area contributed by atoms with Gasteiger partial charge in [-0.15, -0.1) is 0 Å². The van der Waals surface area contributed by atoms with E-state index in [0.717, 1.165) is 12.8 Å². The van der Waals surface area contributed by atoms with Crippen molar-refractivity contribution in [2.75, 3.05) is 7.05 Å². The van der Waals surface area contributed by atoms with Crippen molar-refractivity contribution in [3.8, 4) is 0 Å². The minimum absolute atomic E-state index is 0.403. The van der Waals surface area contributed by atoms with E-state index < -0.39 is 0 Å². The van der Waals surface area contributed by atoms with Gasteiger partial charge in [0.05, 0.1) is 18.4 Å². The molecule has 0 amide bonds. The molecule has 1 aliphatic heterocycles. The van der Waals surface area contributed by atoms with E-state index in [9.17, 15) is 0 Å². The molecule has 0 bridgehead atoms. The van der Waals surface area contributed by atoms with Crippen molar-refractivity contribution in [3.63, 3.8) is 0 Å². The number of nitrogens with two attached hydrogens (primary N) is 1. The zero-order valence-corrected chi connectivity index (χ0v) is 6.90. The molecule has 3 atom stereocenters. The van der Waals surface area contributed by atoms with E-state index in [1.165, 1.54) is 6.42 Å². The first-order chi connectivity index (χ1) is 5.27. The SMILES string of the molecule is CN1C=NC2CCC(N)CC21. The summed E-state index contributed by atoms with van der Waals surface area (Å²) in [5.41, 5.74) is 5.87. The Balaban J connectivity index is 2.06. The summed E-state index contributed by atoms with van der Waals surface area (Å²) >= 11 is 0. The summed E-state index contributed by atoms with van der Waals surface area (Å²) < 4.78 is 0. The summed E-state index contributed by atoms with van der Waals surface area (Å²) in [4.78, 5) is 6.62. The maximum atomic E-state index is 5.87. The summed E-state index contributed by atoms with van der Waals surface area (Å²) in [6.45, 7) is 0. The first kappa shape index (κ1) is 7.10. The number of fused-ring (bicyclic) bond motifs is 1. The van der Waals surface area contributed by atoms with Gasteiger partial charge in [0.15, 0.2) is 0 Å². The normalized spacial score (nSPS) is 42.7. The van der Waals surface area contributed by atoms with Crippen LogP contribution in [-0.2, 0) is 0 Å². The summed E-state index contributed by atoms with van der Waals surface area (Å²) in [7, 11) is 2.09. The molecule has 2 aliphatic rings.